The summed E-state index contributed by atoms with van der Waals surface area (Å²) >= 11 is 1.31. The number of Topliss-reactive ketones (excluding diaryl/α,β-unsaturated/α-hetero) is 1. The van der Waals surface area contributed by atoms with Crippen LogP contribution < -0.4 is 0 Å². The lowest BCUT2D eigenvalue weighted by atomic mass is 10.0. The van der Waals surface area contributed by atoms with Crippen LogP contribution in [-0.4, -0.2) is 26.5 Å². The van der Waals surface area contributed by atoms with E-state index in [0.29, 0.717) is 22.1 Å². The second-order valence-corrected chi connectivity index (χ2v) is 7.14. The molecule has 3 aromatic rings. The summed E-state index contributed by atoms with van der Waals surface area (Å²) in [5.74, 6) is -0.638. The Morgan fingerprint density at radius 2 is 2.10 bits per heavy atom. The van der Waals surface area contributed by atoms with Gasteiger partial charge in [0.15, 0.2) is 0 Å². The molecule has 0 atom stereocenters. The molecule has 0 amide bonds. The quantitative estimate of drug-likeness (QED) is 0.334. The SMILES string of the molecule is Cc1cc(C(=O)/C(C#N)=C\c2csc(-c3ccccn3)n2)c(C)n1CC(F)(F)F. The Labute approximate surface area is 168 Å². The van der Waals surface area contributed by atoms with E-state index in [4.69, 9.17) is 0 Å². The third-order valence-corrected chi connectivity index (χ3v) is 5.10. The molecule has 3 heterocycles. The van der Waals surface area contributed by atoms with Crippen molar-refractivity contribution in [2.75, 3.05) is 0 Å². The number of pyridine rings is 1. The standard InChI is InChI=1S/C20H15F3N4OS/c1-12-7-16(13(2)27(12)11-20(21,22)23)18(28)14(9-24)8-15-10-29-19(26-15)17-5-3-4-6-25-17/h3-8,10H,11H2,1-2H3/b14-8-. The molecule has 0 aliphatic rings. The fourth-order valence-corrected chi connectivity index (χ4v) is 3.61. The predicted molar refractivity (Wildman–Crippen MR) is 103 cm³/mol. The fourth-order valence-electron chi connectivity index (χ4n) is 2.85. The molecule has 0 fully saturated rings. The highest BCUT2D eigenvalue weighted by atomic mass is 32.1. The van der Waals surface area contributed by atoms with Crippen LogP contribution in [0.25, 0.3) is 16.8 Å². The monoisotopic (exact) mass is 416 g/mol. The van der Waals surface area contributed by atoms with Crippen LogP contribution in [-0.2, 0) is 6.54 Å². The molecule has 0 unspecified atom stereocenters. The maximum Gasteiger partial charge on any atom is 0.406 e. The first-order valence-corrected chi connectivity index (χ1v) is 9.34. The zero-order valence-electron chi connectivity index (χ0n) is 15.5. The van der Waals surface area contributed by atoms with Crippen LogP contribution in [0.4, 0.5) is 13.2 Å². The number of thiazole rings is 1. The van der Waals surface area contributed by atoms with E-state index in [1.54, 1.807) is 23.7 Å². The van der Waals surface area contributed by atoms with Crippen molar-refractivity contribution in [2.45, 2.75) is 26.6 Å². The number of carbonyl (C=O) groups excluding carboxylic acids is 1. The van der Waals surface area contributed by atoms with Gasteiger partial charge in [-0.15, -0.1) is 11.3 Å². The summed E-state index contributed by atoms with van der Waals surface area (Å²) in [4.78, 5) is 21.3. The second kappa shape index (κ2) is 8.01. The van der Waals surface area contributed by atoms with E-state index >= 15 is 0 Å². The summed E-state index contributed by atoms with van der Waals surface area (Å²) in [6, 6.07) is 8.59. The van der Waals surface area contributed by atoms with Gasteiger partial charge in [-0.25, -0.2) is 4.98 Å². The van der Waals surface area contributed by atoms with E-state index in [1.807, 2.05) is 12.1 Å². The van der Waals surface area contributed by atoms with Crippen LogP contribution in [0.5, 0.6) is 0 Å². The number of hydrogen-bond acceptors (Lipinski definition) is 5. The number of alkyl halides is 3. The van der Waals surface area contributed by atoms with Gasteiger partial charge in [-0.2, -0.15) is 18.4 Å². The van der Waals surface area contributed by atoms with E-state index < -0.39 is 18.5 Å². The zero-order chi connectivity index (χ0) is 21.2. The van der Waals surface area contributed by atoms with Crippen molar-refractivity contribution >= 4 is 23.2 Å². The van der Waals surface area contributed by atoms with Gasteiger partial charge >= 0.3 is 6.18 Å². The molecule has 0 saturated carbocycles. The van der Waals surface area contributed by atoms with Gasteiger partial charge < -0.3 is 4.57 Å². The van der Waals surface area contributed by atoms with Crippen LogP contribution in [0.3, 0.4) is 0 Å². The Morgan fingerprint density at radius 3 is 2.72 bits per heavy atom. The molecule has 0 radical (unpaired) electrons. The van der Waals surface area contributed by atoms with Crippen molar-refractivity contribution in [2.24, 2.45) is 0 Å². The van der Waals surface area contributed by atoms with Crippen molar-refractivity contribution < 1.29 is 18.0 Å². The molecule has 29 heavy (non-hydrogen) atoms. The van der Waals surface area contributed by atoms with Crippen LogP contribution in [0.2, 0.25) is 0 Å². The van der Waals surface area contributed by atoms with Crippen molar-refractivity contribution in [1.82, 2.24) is 14.5 Å². The number of allylic oxidation sites excluding steroid dienone is 1. The molecule has 0 saturated heterocycles. The number of hydrogen-bond donors (Lipinski definition) is 0. The van der Waals surface area contributed by atoms with Gasteiger partial charge in [0.1, 0.15) is 23.2 Å². The Balaban J connectivity index is 1.91. The summed E-state index contributed by atoms with van der Waals surface area (Å²) in [6.07, 6.45) is -1.44. The molecule has 0 spiro atoms. The van der Waals surface area contributed by atoms with E-state index in [-0.39, 0.29) is 16.8 Å². The lowest BCUT2D eigenvalue weighted by Crippen LogP contribution is -2.19. The molecular formula is C20H15F3N4OS. The highest BCUT2D eigenvalue weighted by Crippen LogP contribution is 2.26. The highest BCUT2D eigenvalue weighted by Gasteiger charge is 2.30. The lowest BCUT2D eigenvalue weighted by molar-refractivity contribution is -0.141. The van der Waals surface area contributed by atoms with Gasteiger partial charge in [0.2, 0.25) is 5.78 Å². The number of aromatic nitrogens is 3. The Kier molecular flexibility index (Phi) is 5.66. The zero-order valence-corrected chi connectivity index (χ0v) is 16.3. The lowest BCUT2D eigenvalue weighted by Gasteiger charge is -2.12. The van der Waals surface area contributed by atoms with Gasteiger partial charge in [0.25, 0.3) is 0 Å². The molecule has 0 aliphatic carbocycles. The molecule has 5 nitrogen and oxygen atoms in total. The summed E-state index contributed by atoms with van der Waals surface area (Å²) in [7, 11) is 0. The van der Waals surface area contributed by atoms with Gasteiger partial charge in [-0.1, -0.05) is 6.07 Å². The molecule has 148 valence electrons. The topological polar surface area (TPSA) is 71.6 Å². The molecule has 3 aromatic heterocycles. The molecule has 3 rings (SSSR count). The molecule has 0 N–H and O–H groups in total. The molecule has 0 aromatic carbocycles. The minimum Gasteiger partial charge on any atom is -0.339 e. The van der Waals surface area contributed by atoms with Crippen LogP contribution in [0.15, 0.2) is 41.4 Å². The van der Waals surface area contributed by atoms with Gasteiger partial charge in [-0.3, -0.25) is 9.78 Å². The fraction of sp³-hybridized carbons (Fsp3) is 0.200. The normalized spacial score (nSPS) is 12.1. The number of halogens is 3. The van der Waals surface area contributed by atoms with Crippen LogP contribution in [0.1, 0.15) is 27.4 Å². The molecular weight excluding hydrogens is 401 g/mol. The summed E-state index contributed by atoms with van der Waals surface area (Å²) < 4.78 is 39.4. The molecule has 0 aliphatic heterocycles. The number of nitrogens with zero attached hydrogens (tertiary/aromatic N) is 4. The Morgan fingerprint density at radius 1 is 1.34 bits per heavy atom. The third-order valence-electron chi connectivity index (χ3n) is 4.22. The molecule has 9 heteroatoms. The van der Waals surface area contributed by atoms with Crippen molar-refractivity contribution in [1.29, 1.82) is 5.26 Å². The summed E-state index contributed by atoms with van der Waals surface area (Å²) in [5.41, 5.74) is 1.40. The number of carbonyl (C=O) groups is 1. The average molecular weight is 416 g/mol. The average Bonchev–Trinajstić information content (AvgIpc) is 3.25. The highest BCUT2D eigenvalue weighted by molar-refractivity contribution is 7.13. The van der Waals surface area contributed by atoms with E-state index in [1.165, 1.54) is 37.3 Å². The van der Waals surface area contributed by atoms with Gasteiger partial charge in [-0.05, 0) is 38.1 Å². The molecule has 0 bridgehead atoms. The smallest absolute Gasteiger partial charge is 0.339 e. The van der Waals surface area contributed by atoms with Crippen molar-refractivity contribution in [3.63, 3.8) is 0 Å². The number of nitriles is 1. The van der Waals surface area contributed by atoms with Crippen LogP contribution >= 0.6 is 11.3 Å². The van der Waals surface area contributed by atoms with E-state index in [2.05, 4.69) is 9.97 Å². The van der Waals surface area contributed by atoms with Crippen molar-refractivity contribution in [3.8, 4) is 16.8 Å². The Hall–Kier alpha value is -3.25. The first kappa shape index (κ1) is 20.5. The minimum absolute atomic E-state index is 0.0692. The van der Waals surface area contributed by atoms with Crippen LogP contribution in [0, 0.1) is 25.2 Å². The maximum atomic E-state index is 12.8. The first-order valence-electron chi connectivity index (χ1n) is 8.46. The summed E-state index contributed by atoms with van der Waals surface area (Å²) in [5, 5.41) is 11.7. The van der Waals surface area contributed by atoms with Crippen molar-refractivity contribution in [3.05, 3.63) is 64.1 Å². The number of ketones is 1. The summed E-state index contributed by atoms with van der Waals surface area (Å²) in [6.45, 7) is 1.73. The predicted octanol–water partition coefficient (Wildman–Crippen LogP) is 4.98. The minimum atomic E-state index is -4.41. The Bertz CT molecular complexity index is 1120. The van der Waals surface area contributed by atoms with Gasteiger partial charge in [0.05, 0.1) is 11.4 Å². The first-order chi connectivity index (χ1) is 13.7. The number of rotatable bonds is 5. The van der Waals surface area contributed by atoms with E-state index in [9.17, 15) is 23.2 Å². The van der Waals surface area contributed by atoms with E-state index in [0.717, 1.165) is 4.57 Å². The van der Waals surface area contributed by atoms with Gasteiger partial charge in [0, 0.05) is 28.5 Å². The largest absolute Gasteiger partial charge is 0.406 e. The maximum absolute atomic E-state index is 12.8. The second-order valence-electron chi connectivity index (χ2n) is 6.28. The number of aryl methyl sites for hydroxylation is 1. The third kappa shape index (κ3) is 4.60.